The van der Waals surface area contributed by atoms with Gasteiger partial charge in [-0.3, -0.25) is 4.98 Å². The minimum atomic E-state index is -0.299. The lowest BCUT2D eigenvalue weighted by Crippen LogP contribution is -1.98. The molecule has 1 heterocycles. The normalized spacial score (nSPS) is 15.3. The number of carbonyl (C=O) groups is 1. The molecule has 0 amide bonds. The summed E-state index contributed by atoms with van der Waals surface area (Å²) in [5.74, 6) is 0.336. The van der Waals surface area contributed by atoms with Gasteiger partial charge in [0.05, 0.1) is 6.61 Å². The zero-order valence-electron chi connectivity index (χ0n) is 9.35. The van der Waals surface area contributed by atoms with E-state index in [1.807, 2.05) is 12.1 Å². The smallest absolute Gasteiger partial charge is 0.330 e. The molecular weight excluding hydrogens is 202 g/mol. The van der Waals surface area contributed by atoms with Crippen LogP contribution in [0.1, 0.15) is 36.9 Å². The average molecular weight is 217 g/mol. The predicted octanol–water partition coefficient (Wildman–Crippen LogP) is 2.54. The number of rotatable bonds is 4. The van der Waals surface area contributed by atoms with Crippen molar-refractivity contribution in [1.82, 2.24) is 4.98 Å². The van der Waals surface area contributed by atoms with Gasteiger partial charge in [0.15, 0.2) is 0 Å². The summed E-state index contributed by atoms with van der Waals surface area (Å²) in [5, 5.41) is 0. The zero-order chi connectivity index (χ0) is 11.4. The summed E-state index contributed by atoms with van der Waals surface area (Å²) in [6.45, 7) is 2.20. The molecule has 16 heavy (non-hydrogen) atoms. The molecule has 1 aromatic heterocycles. The number of ether oxygens (including phenoxy) is 1. The second-order valence-corrected chi connectivity index (χ2v) is 3.87. The van der Waals surface area contributed by atoms with Gasteiger partial charge in [-0.2, -0.15) is 0 Å². The highest BCUT2D eigenvalue weighted by atomic mass is 16.5. The Balaban J connectivity index is 2.03. The minimum Gasteiger partial charge on any atom is -0.463 e. The lowest BCUT2D eigenvalue weighted by molar-refractivity contribution is -0.137. The molecule has 1 aliphatic rings. The molecule has 3 nitrogen and oxygen atoms in total. The Bertz CT molecular complexity index is 408. The standard InChI is InChI=1S/C13H15NO2/c1-2-16-13(15)6-3-10-7-8-14-12(9-10)11-4-5-11/h3,6-9,11H,2,4-5H2,1H3/b6-3+. The summed E-state index contributed by atoms with van der Waals surface area (Å²) in [7, 11) is 0. The third kappa shape index (κ3) is 2.92. The summed E-state index contributed by atoms with van der Waals surface area (Å²) in [5.41, 5.74) is 2.14. The van der Waals surface area contributed by atoms with Gasteiger partial charge in [-0.25, -0.2) is 4.79 Å². The van der Waals surface area contributed by atoms with Crippen LogP contribution in [0.2, 0.25) is 0 Å². The maximum Gasteiger partial charge on any atom is 0.330 e. The Morgan fingerprint density at radius 1 is 1.62 bits per heavy atom. The van der Waals surface area contributed by atoms with Gasteiger partial charge in [-0.15, -0.1) is 0 Å². The molecule has 0 spiro atoms. The maximum absolute atomic E-state index is 11.1. The topological polar surface area (TPSA) is 39.2 Å². The van der Waals surface area contributed by atoms with Crippen molar-refractivity contribution in [3.05, 3.63) is 35.7 Å². The van der Waals surface area contributed by atoms with Crippen LogP contribution in [0.25, 0.3) is 6.08 Å². The third-order valence-corrected chi connectivity index (χ3v) is 2.50. The number of pyridine rings is 1. The van der Waals surface area contributed by atoms with E-state index in [1.54, 1.807) is 19.2 Å². The highest BCUT2D eigenvalue weighted by Crippen LogP contribution is 2.38. The quantitative estimate of drug-likeness (QED) is 0.574. The molecule has 0 aliphatic heterocycles. The second kappa shape index (κ2) is 4.92. The van der Waals surface area contributed by atoms with Crippen LogP contribution in [0.5, 0.6) is 0 Å². The molecule has 1 fully saturated rings. The third-order valence-electron chi connectivity index (χ3n) is 2.50. The molecule has 1 aromatic rings. The fourth-order valence-corrected chi connectivity index (χ4v) is 1.53. The summed E-state index contributed by atoms with van der Waals surface area (Å²) >= 11 is 0. The van der Waals surface area contributed by atoms with E-state index in [0.29, 0.717) is 12.5 Å². The first-order chi connectivity index (χ1) is 7.79. The van der Waals surface area contributed by atoms with Gasteiger partial charge in [-0.05, 0) is 43.5 Å². The van der Waals surface area contributed by atoms with Gasteiger partial charge in [0.1, 0.15) is 0 Å². The van der Waals surface area contributed by atoms with Crippen LogP contribution in [0.15, 0.2) is 24.4 Å². The Labute approximate surface area is 95.2 Å². The van der Waals surface area contributed by atoms with Gasteiger partial charge < -0.3 is 4.74 Å². The van der Waals surface area contributed by atoms with Gasteiger partial charge in [0.2, 0.25) is 0 Å². The molecule has 1 aliphatic carbocycles. The molecule has 0 radical (unpaired) electrons. The Morgan fingerprint density at radius 3 is 3.12 bits per heavy atom. The molecule has 0 aromatic carbocycles. The van der Waals surface area contributed by atoms with Crippen molar-refractivity contribution < 1.29 is 9.53 Å². The second-order valence-electron chi connectivity index (χ2n) is 3.87. The van der Waals surface area contributed by atoms with Gasteiger partial charge in [0, 0.05) is 23.9 Å². The van der Waals surface area contributed by atoms with Crippen molar-refractivity contribution in [3.63, 3.8) is 0 Å². The average Bonchev–Trinajstić information content (AvgIpc) is 3.11. The van der Waals surface area contributed by atoms with E-state index in [9.17, 15) is 4.79 Å². The van der Waals surface area contributed by atoms with Crippen LogP contribution in [-0.2, 0) is 9.53 Å². The minimum absolute atomic E-state index is 0.299. The van der Waals surface area contributed by atoms with Crippen molar-refractivity contribution in [1.29, 1.82) is 0 Å². The van der Waals surface area contributed by atoms with Crippen LogP contribution in [0.3, 0.4) is 0 Å². The van der Waals surface area contributed by atoms with Crippen molar-refractivity contribution >= 4 is 12.0 Å². The zero-order valence-corrected chi connectivity index (χ0v) is 9.35. The molecule has 0 unspecified atom stereocenters. The van der Waals surface area contributed by atoms with Gasteiger partial charge in [0.25, 0.3) is 0 Å². The molecule has 2 rings (SSSR count). The highest BCUT2D eigenvalue weighted by molar-refractivity contribution is 5.87. The van der Waals surface area contributed by atoms with E-state index in [4.69, 9.17) is 4.74 Å². The SMILES string of the molecule is CCOC(=O)/C=C/c1ccnc(C2CC2)c1. The summed E-state index contributed by atoms with van der Waals surface area (Å²) in [4.78, 5) is 15.4. The summed E-state index contributed by atoms with van der Waals surface area (Å²) in [6.07, 6.45) is 7.48. The monoisotopic (exact) mass is 217 g/mol. The number of aromatic nitrogens is 1. The predicted molar refractivity (Wildman–Crippen MR) is 61.9 cm³/mol. The first-order valence-electron chi connectivity index (χ1n) is 5.60. The van der Waals surface area contributed by atoms with Gasteiger partial charge >= 0.3 is 5.97 Å². The number of hydrogen-bond acceptors (Lipinski definition) is 3. The molecule has 0 N–H and O–H groups in total. The van der Waals surface area contributed by atoms with E-state index >= 15 is 0 Å². The maximum atomic E-state index is 11.1. The molecule has 84 valence electrons. The van der Waals surface area contributed by atoms with E-state index in [2.05, 4.69) is 4.98 Å². The van der Waals surface area contributed by atoms with E-state index in [1.165, 1.54) is 18.9 Å². The fraction of sp³-hybridized carbons (Fsp3) is 0.385. The largest absolute Gasteiger partial charge is 0.463 e. The Kier molecular flexibility index (Phi) is 3.34. The number of nitrogens with zero attached hydrogens (tertiary/aromatic N) is 1. The number of carbonyl (C=O) groups excluding carboxylic acids is 1. The molecule has 3 heteroatoms. The molecule has 1 saturated carbocycles. The first-order valence-corrected chi connectivity index (χ1v) is 5.60. The van der Waals surface area contributed by atoms with Crippen LogP contribution < -0.4 is 0 Å². The Morgan fingerprint density at radius 2 is 2.44 bits per heavy atom. The summed E-state index contributed by atoms with van der Waals surface area (Å²) < 4.78 is 4.81. The van der Waals surface area contributed by atoms with Crippen molar-refractivity contribution in [3.8, 4) is 0 Å². The van der Waals surface area contributed by atoms with Crippen LogP contribution in [0, 0.1) is 0 Å². The highest BCUT2D eigenvalue weighted by Gasteiger charge is 2.24. The number of esters is 1. The number of hydrogen-bond donors (Lipinski definition) is 0. The molecule has 0 bridgehead atoms. The van der Waals surface area contributed by atoms with Crippen LogP contribution in [-0.4, -0.2) is 17.6 Å². The van der Waals surface area contributed by atoms with E-state index < -0.39 is 0 Å². The van der Waals surface area contributed by atoms with E-state index in [0.717, 1.165) is 11.3 Å². The fourth-order valence-electron chi connectivity index (χ4n) is 1.53. The first kappa shape index (κ1) is 10.9. The summed E-state index contributed by atoms with van der Waals surface area (Å²) in [6, 6.07) is 3.93. The van der Waals surface area contributed by atoms with E-state index in [-0.39, 0.29) is 5.97 Å². The van der Waals surface area contributed by atoms with Gasteiger partial charge in [-0.1, -0.05) is 0 Å². The molecule has 0 atom stereocenters. The van der Waals surface area contributed by atoms with Crippen molar-refractivity contribution in [2.24, 2.45) is 0 Å². The lowest BCUT2D eigenvalue weighted by atomic mass is 10.1. The van der Waals surface area contributed by atoms with Crippen LogP contribution in [0.4, 0.5) is 0 Å². The molecule has 0 saturated heterocycles. The van der Waals surface area contributed by atoms with Crippen molar-refractivity contribution in [2.45, 2.75) is 25.7 Å². The molecular formula is C13H15NO2. The van der Waals surface area contributed by atoms with Crippen LogP contribution >= 0.6 is 0 Å². The lowest BCUT2D eigenvalue weighted by Gasteiger charge is -1.99. The van der Waals surface area contributed by atoms with Crippen molar-refractivity contribution in [2.75, 3.05) is 6.61 Å². The Hall–Kier alpha value is -1.64.